The standard InChI is InChI=1S/C15H18N2O3/c1-11(13-5-6-20-16-13)17(2)10-12-3-4-14-15(9-12)19-8-7-18-14/h3-6,9,11H,7-8,10H2,1-2H3/t11-/m1/s1. The first-order chi connectivity index (χ1) is 9.74. The van der Waals surface area contributed by atoms with Gasteiger partial charge in [0.25, 0.3) is 0 Å². The second kappa shape index (κ2) is 5.54. The maximum Gasteiger partial charge on any atom is 0.161 e. The number of aromatic nitrogens is 1. The van der Waals surface area contributed by atoms with Crippen LogP contribution in [0.5, 0.6) is 11.5 Å². The molecular weight excluding hydrogens is 256 g/mol. The van der Waals surface area contributed by atoms with Crippen molar-refractivity contribution in [2.75, 3.05) is 20.3 Å². The van der Waals surface area contributed by atoms with Crippen molar-refractivity contribution < 1.29 is 14.0 Å². The molecule has 1 aromatic carbocycles. The Bertz CT molecular complexity index is 569. The second-order valence-electron chi connectivity index (χ2n) is 4.99. The Balaban J connectivity index is 1.71. The van der Waals surface area contributed by atoms with Crippen molar-refractivity contribution in [2.24, 2.45) is 0 Å². The fourth-order valence-electron chi connectivity index (χ4n) is 2.27. The van der Waals surface area contributed by atoms with Crippen molar-refractivity contribution in [1.29, 1.82) is 0 Å². The van der Waals surface area contributed by atoms with Crippen molar-refractivity contribution in [3.8, 4) is 11.5 Å². The molecule has 5 heteroatoms. The molecule has 0 saturated heterocycles. The summed E-state index contributed by atoms with van der Waals surface area (Å²) in [5.74, 6) is 1.66. The van der Waals surface area contributed by atoms with Crippen molar-refractivity contribution in [2.45, 2.75) is 19.5 Å². The quantitative estimate of drug-likeness (QED) is 0.857. The molecule has 2 heterocycles. The Morgan fingerprint density at radius 2 is 2.00 bits per heavy atom. The first-order valence-electron chi connectivity index (χ1n) is 6.73. The number of benzene rings is 1. The molecule has 3 rings (SSSR count). The van der Waals surface area contributed by atoms with Gasteiger partial charge in [0.2, 0.25) is 0 Å². The Kier molecular flexibility index (Phi) is 3.60. The minimum Gasteiger partial charge on any atom is -0.486 e. The SMILES string of the molecule is C[C@H](c1ccon1)N(C)Cc1ccc2c(c1)OCCO2. The summed E-state index contributed by atoms with van der Waals surface area (Å²) in [5, 5.41) is 3.99. The molecule has 0 spiro atoms. The van der Waals surface area contributed by atoms with Crippen LogP contribution in [0.25, 0.3) is 0 Å². The van der Waals surface area contributed by atoms with E-state index < -0.39 is 0 Å². The van der Waals surface area contributed by atoms with Crippen LogP contribution in [0, 0.1) is 0 Å². The van der Waals surface area contributed by atoms with Crippen LogP contribution in [0.2, 0.25) is 0 Å². The average Bonchev–Trinajstić information content (AvgIpc) is 3.00. The van der Waals surface area contributed by atoms with Crippen LogP contribution in [0.4, 0.5) is 0 Å². The van der Waals surface area contributed by atoms with Gasteiger partial charge in [0.1, 0.15) is 25.2 Å². The Morgan fingerprint density at radius 3 is 2.75 bits per heavy atom. The van der Waals surface area contributed by atoms with E-state index >= 15 is 0 Å². The first-order valence-corrected chi connectivity index (χ1v) is 6.73. The third-order valence-corrected chi connectivity index (χ3v) is 3.59. The highest BCUT2D eigenvalue weighted by Crippen LogP contribution is 2.31. The zero-order valence-electron chi connectivity index (χ0n) is 11.7. The highest BCUT2D eigenvalue weighted by atomic mass is 16.6. The molecule has 0 amide bonds. The van der Waals surface area contributed by atoms with Crippen molar-refractivity contribution >= 4 is 0 Å². The topological polar surface area (TPSA) is 47.7 Å². The Morgan fingerprint density at radius 1 is 1.20 bits per heavy atom. The molecule has 106 valence electrons. The van der Waals surface area contributed by atoms with Crippen LogP contribution >= 0.6 is 0 Å². The van der Waals surface area contributed by atoms with E-state index in [1.807, 2.05) is 18.2 Å². The van der Waals surface area contributed by atoms with E-state index in [4.69, 9.17) is 14.0 Å². The highest BCUT2D eigenvalue weighted by molar-refractivity contribution is 5.43. The minimum absolute atomic E-state index is 0.196. The fraction of sp³-hybridized carbons (Fsp3) is 0.400. The lowest BCUT2D eigenvalue weighted by atomic mass is 10.1. The molecular formula is C15H18N2O3. The third kappa shape index (κ3) is 2.63. The summed E-state index contributed by atoms with van der Waals surface area (Å²) in [6.07, 6.45) is 1.60. The van der Waals surface area contributed by atoms with Gasteiger partial charge in [-0.15, -0.1) is 0 Å². The number of hydrogen-bond acceptors (Lipinski definition) is 5. The van der Waals surface area contributed by atoms with Crippen molar-refractivity contribution in [1.82, 2.24) is 10.1 Å². The Labute approximate surface area is 118 Å². The van der Waals surface area contributed by atoms with Crippen molar-refractivity contribution in [3.05, 3.63) is 41.8 Å². The summed E-state index contributed by atoms with van der Waals surface area (Å²) in [7, 11) is 2.07. The molecule has 1 aliphatic rings. The van der Waals surface area contributed by atoms with Gasteiger partial charge in [-0.1, -0.05) is 11.2 Å². The molecule has 1 aliphatic heterocycles. The van der Waals surface area contributed by atoms with Gasteiger partial charge in [0, 0.05) is 12.6 Å². The number of ether oxygens (including phenoxy) is 2. The van der Waals surface area contributed by atoms with Gasteiger partial charge in [-0.05, 0) is 31.7 Å². The lowest BCUT2D eigenvalue weighted by molar-refractivity contribution is 0.171. The highest BCUT2D eigenvalue weighted by Gasteiger charge is 2.16. The number of hydrogen-bond donors (Lipinski definition) is 0. The summed E-state index contributed by atoms with van der Waals surface area (Å²) in [6.45, 7) is 4.15. The molecule has 0 saturated carbocycles. The summed E-state index contributed by atoms with van der Waals surface area (Å²) in [6, 6.07) is 8.17. The second-order valence-corrected chi connectivity index (χ2v) is 4.99. The molecule has 0 N–H and O–H groups in total. The van der Waals surface area contributed by atoms with Crippen LogP contribution in [0.3, 0.4) is 0 Å². The van der Waals surface area contributed by atoms with E-state index in [9.17, 15) is 0 Å². The van der Waals surface area contributed by atoms with E-state index in [2.05, 4.69) is 30.1 Å². The maximum absolute atomic E-state index is 5.61. The van der Waals surface area contributed by atoms with Crippen LogP contribution in [-0.4, -0.2) is 30.3 Å². The fourth-order valence-corrected chi connectivity index (χ4v) is 2.27. The summed E-state index contributed by atoms with van der Waals surface area (Å²) < 4.78 is 16.0. The van der Waals surface area contributed by atoms with Crippen LogP contribution in [0.15, 0.2) is 35.1 Å². The molecule has 0 bridgehead atoms. The monoisotopic (exact) mass is 274 g/mol. The molecule has 20 heavy (non-hydrogen) atoms. The zero-order chi connectivity index (χ0) is 13.9. The first kappa shape index (κ1) is 13.0. The van der Waals surface area contributed by atoms with Gasteiger partial charge in [0.05, 0.1) is 6.04 Å². The van der Waals surface area contributed by atoms with Gasteiger partial charge >= 0.3 is 0 Å². The number of fused-ring (bicyclic) bond motifs is 1. The third-order valence-electron chi connectivity index (χ3n) is 3.59. The van der Waals surface area contributed by atoms with E-state index in [-0.39, 0.29) is 6.04 Å². The summed E-state index contributed by atoms with van der Waals surface area (Å²) in [5.41, 5.74) is 2.12. The van der Waals surface area contributed by atoms with Gasteiger partial charge in [-0.2, -0.15) is 0 Å². The Hall–Kier alpha value is -2.01. The van der Waals surface area contributed by atoms with Crippen LogP contribution in [-0.2, 0) is 6.54 Å². The van der Waals surface area contributed by atoms with Crippen LogP contribution < -0.4 is 9.47 Å². The molecule has 0 unspecified atom stereocenters. The molecule has 1 atom stereocenters. The summed E-state index contributed by atoms with van der Waals surface area (Å²) in [4.78, 5) is 2.21. The average molecular weight is 274 g/mol. The normalized spacial score (nSPS) is 15.3. The van der Waals surface area contributed by atoms with Gasteiger partial charge < -0.3 is 14.0 Å². The summed E-state index contributed by atoms with van der Waals surface area (Å²) >= 11 is 0. The lowest BCUT2D eigenvalue weighted by Gasteiger charge is -2.24. The molecule has 1 aromatic heterocycles. The molecule has 0 fully saturated rings. The van der Waals surface area contributed by atoms with E-state index in [0.717, 1.165) is 23.7 Å². The zero-order valence-corrected chi connectivity index (χ0v) is 11.7. The van der Waals surface area contributed by atoms with E-state index in [1.54, 1.807) is 6.26 Å². The molecule has 2 aromatic rings. The smallest absolute Gasteiger partial charge is 0.161 e. The minimum atomic E-state index is 0.196. The predicted molar refractivity (Wildman–Crippen MR) is 73.8 cm³/mol. The van der Waals surface area contributed by atoms with E-state index in [1.165, 1.54) is 5.56 Å². The molecule has 0 radical (unpaired) electrons. The lowest BCUT2D eigenvalue weighted by Crippen LogP contribution is -2.22. The van der Waals surface area contributed by atoms with Gasteiger partial charge in [-0.3, -0.25) is 4.90 Å². The van der Waals surface area contributed by atoms with Crippen molar-refractivity contribution in [3.63, 3.8) is 0 Å². The van der Waals surface area contributed by atoms with E-state index in [0.29, 0.717) is 13.2 Å². The number of rotatable bonds is 4. The predicted octanol–water partition coefficient (Wildman–Crippen LogP) is 2.64. The van der Waals surface area contributed by atoms with Gasteiger partial charge in [-0.25, -0.2) is 0 Å². The molecule has 5 nitrogen and oxygen atoms in total. The van der Waals surface area contributed by atoms with Gasteiger partial charge in [0.15, 0.2) is 11.5 Å². The number of nitrogens with zero attached hydrogens (tertiary/aromatic N) is 2. The molecule has 0 aliphatic carbocycles. The van der Waals surface area contributed by atoms with Crippen LogP contribution in [0.1, 0.15) is 24.2 Å². The largest absolute Gasteiger partial charge is 0.486 e. The maximum atomic E-state index is 5.61.